The molecular formula is C18H23N5O. The van der Waals surface area contributed by atoms with E-state index in [1.165, 1.54) is 5.56 Å². The van der Waals surface area contributed by atoms with Crippen molar-refractivity contribution in [1.29, 1.82) is 0 Å². The van der Waals surface area contributed by atoms with Gasteiger partial charge in [-0.2, -0.15) is 0 Å². The van der Waals surface area contributed by atoms with Gasteiger partial charge in [0.25, 0.3) is 5.91 Å². The summed E-state index contributed by atoms with van der Waals surface area (Å²) in [4.78, 5) is 29.3. The molecule has 0 spiro atoms. The molecule has 1 atom stereocenters. The highest BCUT2D eigenvalue weighted by Crippen LogP contribution is 2.28. The minimum Gasteiger partial charge on any atom is -0.363 e. The molecule has 126 valence electrons. The van der Waals surface area contributed by atoms with Crippen molar-refractivity contribution >= 4 is 11.7 Å². The third kappa shape index (κ3) is 3.53. The molecule has 2 aromatic heterocycles. The Morgan fingerprint density at radius 1 is 1.25 bits per heavy atom. The van der Waals surface area contributed by atoms with Crippen LogP contribution in [-0.4, -0.2) is 52.9 Å². The number of carbonyl (C=O) groups is 1. The largest absolute Gasteiger partial charge is 0.363 e. The van der Waals surface area contributed by atoms with Crippen molar-refractivity contribution in [2.75, 3.05) is 32.1 Å². The van der Waals surface area contributed by atoms with E-state index in [1.54, 1.807) is 12.4 Å². The Morgan fingerprint density at radius 3 is 2.79 bits per heavy atom. The van der Waals surface area contributed by atoms with Gasteiger partial charge in [-0.05, 0) is 37.5 Å². The highest BCUT2D eigenvalue weighted by Gasteiger charge is 2.26. The molecule has 3 heterocycles. The lowest BCUT2D eigenvalue weighted by Gasteiger charge is -2.33. The molecule has 6 nitrogen and oxygen atoms in total. The van der Waals surface area contributed by atoms with Gasteiger partial charge >= 0.3 is 0 Å². The second kappa shape index (κ2) is 6.95. The summed E-state index contributed by atoms with van der Waals surface area (Å²) in [6, 6.07) is 4.17. The number of likely N-dealkylation sites (tertiary alicyclic amines) is 1. The molecular weight excluding hydrogens is 302 g/mol. The van der Waals surface area contributed by atoms with Gasteiger partial charge in [0.05, 0.1) is 11.9 Å². The number of aryl methyl sites for hydroxylation is 1. The molecule has 2 aromatic rings. The van der Waals surface area contributed by atoms with E-state index in [0.29, 0.717) is 18.2 Å². The molecule has 0 radical (unpaired) electrons. The van der Waals surface area contributed by atoms with Crippen molar-refractivity contribution < 1.29 is 4.79 Å². The first-order valence-electron chi connectivity index (χ1n) is 8.26. The van der Waals surface area contributed by atoms with Crippen molar-refractivity contribution in [2.45, 2.75) is 25.7 Å². The Balaban J connectivity index is 1.75. The van der Waals surface area contributed by atoms with Gasteiger partial charge in [0.2, 0.25) is 0 Å². The average molecular weight is 325 g/mol. The lowest BCUT2D eigenvalue weighted by molar-refractivity contribution is 0.0700. The molecule has 1 fully saturated rings. The molecule has 0 saturated carbocycles. The molecule has 1 amide bonds. The molecule has 0 aliphatic carbocycles. The zero-order valence-electron chi connectivity index (χ0n) is 14.4. The summed E-state index contributed by atoms with van der Waals surface area (Å²) in [5, 5.41) is 0. The minimum atomic E-state index is -0.0333. The van der Waals surface area contributed by atoms with Gasteiger partial charge in [0.1, 0.15) is 11.5 Å². The maximum atomic E-state index is 12.7. The van der Waals surface area contributed by atoms with Gasteiger partial charge in [0, 0.05) is 45.5 Å². The van der Waals surface area contributed by atoms with E-state index in [0.717, 1.165) is 30.9 Å². The molecule has 0 aromatic carbocycles. The van der Waals surface area contributed by atoms with Gasteiger partial charge < -0.3 is 9.80 Å². The highest BCUT2D eigenvalue weighted by molar-refractivity contribution is 5.92. The van der Waals surface area contributed by atoms with E-state index in [4.69, 9.17) is 0 Å². The van der Waals surface area contributed by atoms with E-state index >= 15 is 0 Å². The minimum absolute atomic E-state index is 0.0333. The van der Waals surface area contributed by atoms with Gasteiger partial charge in [-0.25, -0.2) is 9.97 Å². The Hall–Kier alpha value is -2.50. The Labute approximate surface area is 142 Å². The molecule has 1 unspecified atom stereocenters. The molecule has 3 rings (SSSR count). The summed E-state index contributed by atoms with van der Waals surface area (Å²) >= 11 is 0. The smallest absolute Gasteiger partial charge is 0.274 e. The number of hydrogen-bond acceptors (Lipinski definition) is 5. The van der Waals surface area contributed by atoms with E-state index in [2.05, 4.69) is 27.1 Å². The maximum Gasteiger partial charge on any atom is 0.274 e. The van der Waals surface area contributed by atoms with E-state index in [-0.39, 0.29) is 5.91 Å². The third-order valence-electron chi connectivity index (χ3n) is 4.41. The van der Waals surface area contributed by atoms with Crippen molar-refractivity contribution in [1.82, 2.24) is 19.9 Å². The predicted octanol–water partition coefficient (Wildman–Crippen LogP) is 2.27. The number of piperidine rings is 1. The normalized spacial score (nSPS) is 17.6. The number of nitrogens with zero attached hydrogens (tertiary/aromatic N) is 5. The van der Waals surface area contributed by atoms with Crippen molar-refractivity contribution in [3.63, 3.8) is 0 Å². The SMILES string of the molecule is Cc1cnc(C(=O)N2CCCC(c3ccnc(N(C)C)c3)C2)cn1. The standard InChI is InChI=1S/C18H23N5O/c1-13-10-21-16(11-20-13)18(24)23-8-4-5-15(12-23)14-6-7-19-17(9-14)22(2)3/h6-7,9-11,15H,4-5,8,12H2,1-3H3. The average Bonchev–Trinajstić information content (AvgIpc) is 2.62. The van der Waals surface area contributed by atoms with E-state index in [1.807, 2.05) is 37.0 Å². The lowest BCUT2D eigenvalue weighted by Crippen LogP contribution is -2.39. The summed E-state index contributed by atoms with van der Waals surface area (Å²) in [6.07, 6.45) is 7.13. The van der Waals surface area contributed by atoms with Crippen LogP contribution >= 0.6 is 0 Å². The number of aromatic nitrogens is 3. The molecule has 1 saturated heterocycles. The first kappa shape index (κ1) is 16.4. The van der Waals surface area contributed by atoms with E-state index < -0.39 is 0 Å². The quantitative estimate of drug-likeness (QED) is 0.866. The van der Waals surface area contributed by atoms with Crippen LogP contribution in [0.3, 0.4) is 0 Å². The summed E-state index contributed by atoms with van der Waals surface area (Å²) in [5.74, 6) is 1.25. The van der Waals surface area contributed by atoms with Crippen LogP contribution in [0.2, 0.25) is 0 Å². The zero-order chi connectivity index (χ0) is 17.1. The van der Waals surface area contributed by atoms with Crippen LogP contribution in [0.25, 0.3) is 0 Å². The number of amides is 1. The van der Waals surface area contributed by atoms with Gasteiger partial charge in [-0.1, -0.05) is 0 Å². The molecule has 24 heavy (non-hydrogen) atoms. The Kier molecular flexibility index (Phi) is 4.74. The van der Waals surface area contributed by atoms with Crippen LogP contribution in [0.4, 0.5) is 5.82 Å². The fourth-order valence-electron chi connectivity index (χ4n) is 3.03. The molecule has 0 N–H and O–H groups in total. The van der Waals surface area contributed by atoms with Crippen LogP contribution in [0.15, 0.2) is 30.7 Å². The second-order valence-electron chi connectivity index (χ2n) is 6.48. The topological polar surface area (TPSA) is 62.2 Å². The monoisotopic (exact) mass is 325 g/mol. The van der Waals surface area contributed by atoms with E-state index in [9.17, 15) is 4.79 Å². The maximum absolute atomic E-state index is 12.7. The molecule has 1 aliphatic heterocycles. The Morgan fingerprint density at radius 2 is 2.08 bits per heavy atom. The highest BCUT2D eigenvalue weighted by atomic mass is 16.2. The van der Waals surface area contributed by atoms with Crippen molar-refractivity contribution in [3.05, 3.63) is 47.7 Å². The summed E-state index contributed by atoms with van der Waals surface area (Å²) in [6.45, 7) is 3.35. The molecule has 1 aliphatic rings. The third-order valence-corrected chi connectivity index (χ3v) is 4.41. The Bertz CT molecular complexity index is 714. The molecule has 6 heteroatoms. The zero-order valence-corrected chi connectivity index (χ0v) is 14.4. The second-order valence-corrected chi connectivity index (χ2v) is 6.48. The van der Waals surface area contributed by atoms with Crippen LogP contribution in [0.1, 0.15) is 40.5 Å². The van der Waals surface area contributed by atoms with Crippen LogP contribution < -0.4 is 4.90 Å². The first-order chi connectivity index (χ1) is 11.5. The number of rotatable bonds is 3. The van der Waals surface area contributed by atoms with Crippen LogP contribution in [0, 0.1) is 6.92 Å². The van der Waals surface area contributed by atoms with Gasteiger partial charge in [-0.3, -0.25) is 9.78 Å². The fraction of sp³-hybridized carbons (Fsp3) is 0.444. The first-order valence-corrected chi connectivity index (χ1v) is 8.26. The molecule has 0 bridgehead atoms. The summed E-state index contributed by atoms with van der Waals surface area (Å²) in [7, 11) is 3.97. The van der Waals surface area contributed by atoms with Crippen molar-refractivity contribution in [3.8, 4) is 0 Å². The van der Waals surface area contributed by atoms with Gasteiger partial charge in [-0.15, -0.1) is 0 Å². The van der Waals surface area contributed by atoms with Gasteiger partial charge in [0.15, 0.2) is 0 Å². The lowest BCUT2D eigenvalue weighted by atomic mass is 9.91. The summed E-state index contributed by atoms with van der Waals surface area (Å²) in [5.41, 5.74) is 2.47. The predicted molar refractivity (Wildman–Crippen MR) is 93.2 cm³/mol. The van der Waals surface area contributed by atoms with Crippen LogP contribution in [0.5, 0.6) is 0 Å². The van der Waals surface area contributed by atoms with Crippen molar-refractivity contribution in [2.24, 2.45) is 0 Å². The number of hydrogen-bond donors (Lipinski definition) is 0. The number of anilines is 1. The summed E-state index contributed by atoms with van der Waals surface area (Å²) < 4.78 is 0. The number of carbonyl (C=O) groups excluding carboxylic acids is 1. The van der Waals surface area contributed by atoms with Crippen LogP contribution in [-0.2, 0) is 0 Å². The fourth-order valence-corrected chi connectivity index (χ4v) is 3.03. The number of pyridine rings is 1.